The van der Waals surface area contributed by atoms with Gasteiger partial charge in [0, 0.05) is 52.0 Å². The number of halogens is 1. The second-order valence-corrected chi connectivity index (χ2v) is 16.3. The average Bonchev–Trinajstić information content (AvgIpc) is 3.81. The molecular formula is C41H52FNO10S2. The first kappa shape index (κ1) is 42.6. The van der Waals surface area contributed by atoms with Crippen molar-refractivity contribution in [2.45, 2.75) is 82.3 Å². The molecule has 3 heterocycles. The standard InChI is InChI=1S/C41H52FNO10S2/c1-29(2)43-36-9-5-4-8-35(36)40(30-11-13-31(42)14-12-30)37(43)16-15-32-27-33(28-39(45)52-32)53-41(46)51-25-23-49-21-19-47-18-20-48-22-24-50-38(44)10-6-3-7-34-17-26-54-55-34/h4-5,8-9,11-16,29,32-34H,3,6-7,10,17-28H2,1-2H3. The topological polar surface area (TPSA) is 121 Å². The van der Waals surface area contributed by atoms with Crippen LogP contribution in [0.3, 0.4) is 0 Å². The van der Waals surface area contributed by atoms with Crippen molar-refractivity contribution in [3.8, 4) is 11.1 Å². The van der Waals surface area contributed by atoms with Crippen LogP contribution in [-0.4, -0.2) is 98.7 Å². The van der Waals surface area contributed by atoms with E-state index in [0.717, 1.165) is 45.8 Å². The maximum atomic E-state index is 13.8. The van der Waals surface area contributed by atoms with Crippen molar-refractivity contribution in [1.29, 1.82) is 0 Å². The summed E-state index contributed by atoms with van der Waals surface area (Å²) in [4.78, 5) is 36.7. The second-order valence-electron chi connectivity index (χ2n) is 13.5. The zero-order chi connectivity index (χ0) is 38.8. The van der Waals surface area contributed by atoms with E-state index in [9.17, 15) is 18.8 Å². The number of para-hydroxylation sites is 1. The van der Waals surface area contributed by atoms with E-state index in [0.29, 0.717) is 39.5 Å². The molecule has 0 bridgehead atoms. The van der Waals surface area contributed by atoms with Crippen LogP contribution in [0.2, 0.25) is 0 Å². The molecule has 2 saturated heterocycles. The molecule has 2 aliphatic rings. The van der Waals surface area contributed by atoms with Gasteiger partial charge >= 0.3 is 18.1 Å². The number of nitrogens with zero attached hydrogens (tertiary/aromatic N) is 1. The van der Waals surface area contributed by atoms with Crippen LogP contribution in [0.5, 0.6) is 0 Å². The Hall–Kier alpha value is -3.56. The van der Waals surface area contributed by atoms with Gasteiger partial charge in [-0.3, -0.25) is 9.59 Å². The van der Waals surface area contributed by atoms with Crippen LogP contribution in [0.15, 0.2) is 54.6 Å². The van der Waals surface area contributed by atoms with Crippen LogP contribution in [0, 0.1) is 5.82 Å². The first-order valence-electron chi connectivity index (χ1n) is 19.1. The number of carbonyl (C=O) groups is 3. The van der Waals surface area contributed by atoms with E-state index < -0.39 is 24.3 Å². The average molecular weight is 802 g/mol. The summed E-state index contributed by atoms with van der Waals surface area (Å²) in [5, 5.41) is 1.76. The van der Waals surface area contributed by atoms with Crippen molar-refractivity contribution in [2.75, 3.05) is 58.6 Å². The normalized spacial score (nSPS) is 18.6. The molecule has 300 valence electrons. The first-order chi connectivity index (χ1) is 26.8. The predicted octanol–water partition coefficient (Wildman–Crippen LogP) is 8.58. The SMILES string of the molecule is CC(C)n1c(C=CC2CC(OC(=O)OCCOCCOCCOCCOC(=O)CCCCC3CCSS3)CC(=O)O2)c(-c2ccc(F)cc2)c2ccccc21. The number of hydrogen-bond acceptors (Lipinski definition) is 12. The molecule has 0 spiro atoms. The van der Waals surface area contributed by atoms with Gasteiger partial charge in [-0.25, -0.2) is 9.18 Å². The van der Waals surface area contributed by atoms with E-state index in [2.05, 4.69) is 24.5 Å². The fourth-order valence-electron chi connectivity index (χ4n) is 6.51. The third kappa shape index (κ3) is 13.9. The predicted molar refractivity (Wildman–Crippen MR) is 212 cm³/mol. The van der Waals surface area contributed by atoms with Crippen molar-refractivity contribution < 1.29 is 51.9 Å². The molecule has 14 heteroatoms. The van der Waals surface area contributed by atoms with Gasteiger partial charge in [0.2, 0.25) is 0 Å². The van der Waals surface area contributed by atoms with Crippen molar-refractivity contribution in [3.63, 3.8) is 0 Å². The molecule has 55 heavy (non-hydrogen) atoms. The van der Waals surface area contributed by atoms with Crippen LogP contribution in [0.25, 0.3) is 28.1 Å². The molecule has 2 aliphatic heterocycles. The Balaban J connectivity index is 0.941. The summed E-state index contributed by atoms with van der Waals surface area (Å²) in [6.07, 6.45) is 6.49. The zero-order valence-electron chi connectivity index (χ0n) is 31.6. The van der Waals surface area contributed by atoms with Crippen molar-refractivity contribution >= 4 is 56.7 Å². The van der Waals surface area contributed by atoms with Crippen molar-refractivity contribution in [1.82, 2.24) is 4.57 Å². The van der Waals surface area contributed by atoms with Gasteiger partial charge in [-0.15, -0.1) is 0 Å². The summed E-state index contributed by atoms with van der Waals surface area (Å²) < 4.78 is 53.8. The van der Waals surface area contributed by atoms with Crippen LogP contribution < -0.4 is 0 Å². The smallest absolute Gasteiger partial charge is 0.463 e. The fraction of sp³-hybridized carbons (Fsp3) is 0.537. The van der Waals surface area contributed by atoms with Gasteiger partial charge < -0.3 is 37.7 Å². The van der Waals surface area contributed by atoms with Crippen molar-refractivity contribution in [2.24, 2.45) is 0 Å². The van der Waals surface area contributed by atoms with E-state index in [1.807, 2.05) is 45.9 Å². The summed E-state index contributed by atoms with van der Waals surface area (Å²) in [6.45, 7) is 6.23. The van der Waals surface area contributed by atoms with Crippen LogP contribution in [0.1, 0.15) is 70.5 Å². The molecule has 3 atom stereocenters. The maximum Gasteiger partial charge on any atom is 0.508 e. The molecule has 3 aromatic rings. The zero-order valence-corrected chi connectivity index (χ0v) is 33.3. The van der Waals surface area contributed by atoms with Crippen LogP contribution in [-0.2, 0) is 42.7 Å². The lowest BCUT2D eigenvalue weighted by Gasteiger charge is -2.26. The highest BCUT2D eigenvalue weighted by molar-refractivity contribution is 8.77. The molecule has 0 saturated carbocycles. The molecule has 0 radical (unpaired) electrons. The molecule has 0 N–H and O–H groups in total. The van der Waals surface area contributed by atoms with E-state index in [4.69, 9.17) is 33.2 Å². The molecule has 0 amide bonds. The van der Waals surface area contributed by atoms with Crippen LogP contribution in [0.4, 0.5) is 9.18 Å². The third-order valence-corrected chi connectivity index (χ3v) is 12.1. The van der Waals surface area contributed by atoms with Gasteiger partial charge in [0.1, 0.15) is 31.2 Å². The molecule has 2 fully saturated rings. The van der Waals surface area contributed by atoms with Gasteiger partial charge in [-0.1, -0.05) is 58.3 Å². The van der Waals surface area contributed by atoms with Crippen LogP contribution >= 0.6 is 21.6 Å². The molecule has 3 unspecified atom stereocenters. The lowest BCUT2D eigenvalue weighted by atomic mass is 10.0. The number of aromatic nitrogens is 1. The third-order valence-electron chi connectivity index (χ3n) is 9.07. The quantitative estimate of drug-likeness (QED) is 0.0419. The summed E-state index contributed by atoms with van der Waals surface area (Å²) in [6, 6.07) is 14.6. The second kappa shape index (κ2) is 22.9. The minimum absolute atomic E-state index is 0.0220. The Morgan fingerprint density at radius 3 is 2.31 bits per heavy atom. The Bertz CT molecular complexity index is 1690. The number of unbranched alkanes of at least 4 members (excludes halogenated alkanes) is 1. The van der Waals surface area contributed by atoms with Crippen molar-refractivity contribution in [3.05, 3.63) is 66.1 Å². The van der Waals surface area contributed by atoms with E-state index in [-0.39, 0.29) is 50.5 Å². The minimum Gasteiger partial charge on any atom is -0.463 e. The van der Waals surface area contributed by atoms with Gasteiger partial charge in [-0.2, -0.15) is 0 Å². The molecule has 11 nitrogen and oxygen atoms in total. The Kier molecular flexibility index (Phi) is 17.7. The van der Waals surface area contributed by atoms with Gasteiger partial charge in [0.05, 0.1) is 46.1 Å². The number of benzene rings is 2. The Morgan fingerprint density at radius 2 is 1.62 bits per heavy atom. The fourth-order valence-corrected chi connectivity index (χ4v) is 9.54. The number of fused-ring (bicyclic) bond motifs is 1. The molecule has 2 aromatic carbocycles. The number of esters is 2. The Morgan fingerprint density at radius 1 is 0.927 bits per heavy atom. The summed E-state index contributed by atoms with van der Waals surface area (Å²) in [7, 11) is 3.91. The highest BCUT2D eigenvalue weighted by Crippen LogP contribution is 2.40. The van der Waals surface area contributed by atoms with Gasteiger partial charge in [0.25, 0.3) is 0 Å². The molecule has 0 aliphatic carbocycles. The molecule has 1 aromatic heterocycles. The number of cyclic esters (lactones) is 1. The largest absolute Gasteiger partial charge is 0.508 e. The lowest BCUT2D eigenvalue weighted by Crippen LogP contribution is -2.34. The van der Waals surface area contributed by atoms with E-state index in [1.165, 1.54) is 30.7 Å². The van der Waals surface area contributed by atoms with Gasteiger partial charge in [-0.05, 0) is 69.0 Å². The number of hydrogen-bond donors (Lipinski definition) is 0. The molecular weight excluding hydrogens is 750 g/mol. The number of ether oxygens (including phenoxy) is 7. The van der Waals surface area contributed by atoms with Gasteiger partial charge in [0.15, 0.2) is 0 Å². The number of rotatable bonds is 22. The monoisotopic (exact) mass is 801 g/mol. The number of carbonyl (C=O) groups excluding carboxylic acids is 3. The highest BCUT2D eigenvalue weighted by atomic mass is 33.1. The Labute approximate surface area is 330 Å². The summed E-state index contributed by atoms with van der Waals surface area (Å²) in [5.74, 6) is 0.259. The molecule has 5 rings (SSSR count). The lowest BCUT2D eigenvalue weighted by molar-refractivity contribution is -0.157. The maximum absolute atomic E-state index is 13.8. The van der Waals surface area contributed by atoms with E-state index in [1.54, 1.807) is 18.2 Å². The van der Waals surface area contributed by atoms with E-state index >= 15 is 0 Å². The highest BCUT2D eigenvalue weighted by Gasteiger charge is 2.31. The summed E-state index contributed by atoms with van der Waals surface area (Å²) in [5.41, 5.74) is 3.73. The first-order valence-corrected chi connectivity index (χ1v) is 21.4. The minimum atomic E-state index is -0.888. The summed E-state index contributed by atoms with van der Waals surface area (Å²) >= 11 is 0.